The monoisotopic (exact) mass is 385 g/mol. The Bertz CT molecular complexity index is 744. The van der Waals surface area contributed by atoms with Gasteiger partial charge in [0, 0.05) is 15.6 Å². The van der Waals surface area contributed by atoms with Gasteiger partial charge in [-0.25, -0.2) is 0 Å². The molecule has 0 saturated heterocycles. The van der Waals surface area contributed by atoms with E-state index in [1.165, 1.54) is 18.2 Å². The number of halogens is 4. The van der Waals surface area contributed by atoms with Crippen molar-refractivity contribution in [1.82, 2.24) is 0 Å². The van der Waals surface area contributed by atoms with Crippen LogP contribution in [-0.4, -0.2) is 12.3 Å². The molecule has 23 heavy (non-hydrogen) atoms. The first-order chi connectivity index (χ1) is 10.8. The summed E-state index contributed by atoms with van der Waals surface area (Å²) >= 11 is 3.29. The van der Waals surface area contributed by atoms with Crippen molar-refractivity contribution in [3.8, 4) is 5.75 Å². The third-order valence-corrected chi connectivity index (χ3v) is 3.53. The van der Waals surface area contributed by atoms with Crippen LogP contribution in [0.25, 0.3) is 5.57 Å². The normalized spacial score (nSPS) is 11.0. The predicted octanol–water partition coefficient (Wildman–Crippen LogP) is 5.00. The minimum absolute atomic E-state index is 0.0944. The highest BCUT2D eigenvalue weighted by Crippen LogP contribution is 2.31. The van der Waals surface area contributed by atoms with E-state index < -0.39 is 18.0 Å². The Hall–Kier alpha value is -2.28. The number of carbonyl (C=O) groups excluding carboxylic acids is 1. The van der Waals surface area contributed by atoms with Crippen molar-refractivity contribution in [2.75, 3.05) is 5.32 Å². The molecule has 0 fully saturated rings. The van der Waals surface area contributed by atoms with Gasteiger partial charge >= 0.3 is 6.36 Å². The second-order valence-corrected chi connectivity index (χ2v) is 5.31. The molecule has 1 N–H and O–H groups in total. The Morgan fingerprint density at radius 2 is 1.70 bits per heavy atom. The molecule has 7 heteroatoms. The summed E-state index contributed by atoms with van der Waals surface area (Å²) in [5.74, 6) is -1.12. The first kappa shape index (κ1) is 17.1. The van der Waals surface area contributed by atoms with Crippen LogP contribution in [0, 0.1) is 0 Å². The molecule has 2 rings (SSSR count). The van der Waals surface area contributed by atoms with Crippen molar-refractivity contribution in [2.45, 2.75) is 6.36 Å². The number of carbonyl (C=O) groups is 1. The first-order valence-electron chi connectivity index (χ1n) is 6.38. The molecule has 0 aliphatic heterocycles. The number of para-hydroxylation sites is 2. The molecule has 2 aromatic carbocycles. The summed E-state index contributed by atoms with van der Waals surface area (Å²) in [5, 5.41) is 2.37. The highest BCUT2D eigenvalue weighted by Gasteiger charge is 2.32. The van der Waals surface area contributed by atoms with Crippen LogP contribution in [0.15, 0.2) is 59.6 Å². The van der Waals surface area contributed by atoms with Crippen molar-refractivity contribution in [2.24, 2.45) is 0 Å². The lowest BCUT2D eigenvalue weighted by Gasteiger charge is -2.14. The number of amides is 1. The molecule has 3 nitrogen and oxygen atoms in total. The lowest BCUT2D eigenvalue weighted by Crippen LogP contribution is -2.19. The first-order valence-corrected chi connectivity index (χ1v) is 7.17. The van der Waals surface area contributed by atoms with E-state index in [1.54, 1.807) is 24.3 Å². The predicted molar refractivity (Wildman–Crippen MR) is 84.9 cm³/mol. The third kappa shape index (κ3) is 4.59. The zero-order chi connectivity index (χ0) is 17.0. The van der Waals surface area contributed by atoms with Gasteiger partial charge in [0.05, 0.1) is 5.69 Å². The standard InChI is InChI=1S/C16H11BrF3NO2/c1-10(11-6-2-3-7-12(11)17)15(22)21-13-8-4-5-9-14(13)23-16(18,19)20/h2-9H,1H2,(H,21,22). The molecule has 0 radical (unpaired) electrons. The van der Waals surface area contributed by atoms with Crippen LogP contribution in [-0.2, 0) is 4.79 Å². The minimum Gasteiger partial charge on any atom is -0.404 e. The number of benzene rings is 2. The molecule has 0 unspecified atom stereocenters. The van der Waals surface area contributed by atoms with Crippen LogP contribution in [0.4, 0.5) is 18.9 Å². The molecular weight excluding hydrogens is 375 g/mol. The number of nitrogens with one attached hydrogen (secondary N) is 1. The van der Waals surface area contributed by atoms with Gasteiger partial charge in [-0.1, -0.05) is 52.8 Å². The van der Waals surface area contributed by atoms with Crippen molar-refractivity contribution in [3.63, 3.8) is 0 Å². The summed E-state index contributed by atoms with van der Waals surface area (Å²) in [4.78, 5) is 12.2. The Kier molecular flexibility index (Phi) is 5.10. The van der Waals surface area contributed by atoms with Crippen molar-refractivity contribution in [1.29, 1.82) is 0 Å². The van der Waals surface area contributed by atoms with E-state index in [0.717, 1.165) is 6.07 Å². The highest BCUT2D eigenvalue weighted by molar-refractivity contribution is 9.10. The number of rotatable bonds is 4. The van der Waals surface area contributed by atoms with Gasteiger partial charge in [-0.2, -0.15) is 0 Å². The maximum Gasteiger partial charge on any atom is 0.573 e. The Morgan fingerprint density at radius 3 is 2.35 bits per heavy atom. The average molecular weight is 386 g/mol. The summed E-state index contributed by atoms with van der Waals surface area (Å²) in [5.41, 5.74) is 0.557. The smallest absolute Gasteiger partial charge is 0.404 e. The van der Waals surface area contributed by atoms with E-state index in [-0.39, 0.29) is 11.3 Å². The van der Waals surface area contributed by atoms with E-state index in [4.69, 9.17) is 0 Å². The lowest BCUT2D eigenvalue weighted by molar-refractivity contribution is -0.274. The van der Waals surface area contributed by atoms with Crippen molar-refractivity contribution in [3.05, 3.63) is 65.1 Å². The van der Waals surface area contributed by atoms with Gasteiger partial charge < -0.3 is 10.1 Å². The van der Waals surface area contributed by atoms with Crippen molar-refractivity contribution < 1.29 is 22.7 Å². The van der Waals surface area contributed by atoms with Crippen LogP contribution < -0.4 is 10.1 Å². The number of hydrogen-bond acceptors (Lipinski definition) is 2. The third-order valence-electron chi connectivity index (χ3n) is 2.83. The largest absolute Gasteiger partial charge is 0.573 e. The molecular formula is C16H11BrF3NO2. The van der Waals surface area contributed by atoms with Crippen LogP contribution in [0.2, 0.25) is 0 Å². The summed E-state index contributed by atoms with van der Waals surface area (Å²) in [6.07, 6.45) is -4.85. The molecule has 0 aliphatic carbocycles. The molecule has 0 atom stereocenters. The van der Waals surface area contributed by atoms with Gasteiger partial charge in [0.2, 0.25) is 0 Å². The van der Waals surface area contributed by atoms with E-state index in [9.17, 15) is 18.0 Å². The Balaban J connectivity index is 2.21. The number of ether oxygens (including phenoxy) is 1. The fourth-order valence-corrected chi connectivity index (χ4v) is 2.33. The van der Waals surface area contributed by atoms with E-state index in [2.05, 4.69) is 32.6 Å². The topological polar surface area (TPSA) is 38.3 Å². The molecule has 0 aromatic heterocycles. The van der Waals surface area contributed by atoms with E-state index in [1.807, 2.05) is 0 Å². The van der Waals surface area contributed by atoms with Gasteiger partial charge in [-0.15, -0.1) is 13.2 Å². The summed E-state index contributed by atoms with van der Waals surface area (Å²) in [6, 6.07) is 12.2. The van der Waals surface area contributed by atoms with Gasteiger partial charge in [0.25, 0.3) is 5.91 Å². The SMILES string of the molecule is C=C(C(=O)Nc1ccccc1OC(F)(F)F)c1ccccc1Br. The molecule has 0 spiro atoms. The van der Waals surface area contributed by atoms with Crippen LogP contribution >= 0.6 is 15.9 Å². The summed E-state index contributed by atoms with van der Waals surface area (Å²) in [7, 11) is 0. The zero-order valence-corrected chi connectivity index (χ0v) is 13.2. The molecule has 0 aliphatic rings. The van der Waals surface area contributed by atoms with Gasteiger partial charge in [-0.3, -0.25) is 4.79 Å². The van der Waals surface area contributed by atoms with Gasteiger partial charge in [0.15, 0.2) is 5.75 Å². The molecule has 120 valence electrons. The van der Waals surface area contributed by atoms with Crippen LogP contribution in [0.5, 0.6) is 5.75 Å². The second kappa shape index (κ2) is 6.87. The molecule has 1 amide bonds. The number of anilines is 1. The summed E-state index contributed by atoms with van der Waals surface area (Å²) < 4.78 is 41.7. The van der Waals surface area contributed by atoms with Crippen LogP contribution in [0.3, 0.4) is 0 Å². The lowest BCUT2D eigenvalue weighted by atomic mass is 10.1. The Morgan fingerprint density at radius 1 is 1.09 bits per heavy atom. The maximum atomic E-state index is 12.4. The summed E-state index contributed by atoms with van der Waals surface area (Å²) in [6.45, 7) is 3.68. The van der Waals surface area contributed by atoms with E-state index >= 15 is 0 Å². The fourth-order valence-electron chi connectivity index (χ4n) is 1.81. The van der Waals surface area contributed by atoms with Crippen LogP contribution in [0.1, 0.15) is 5.56 Å². The Labute approximate surface area is 138 Å². The molecule has 0 saturated carbocycles. The molecule has 0 bridgehead atoms. The van der Waals surface area contributed by atoms with E-state index in [0.29, 0.717) is 10.0 Å². The van der Waals surface area contributed by atoms with Gasteiger partial charge in [0.1, 0.15) is 0 Å². The fraction of sp³-hybridized carbons (Fsp3) is 0.0625. The number of alkyl halides is 3. The van der Waals surface area contributed by atoms with Gasteiger partial charge in [-0.05, 0) is 18.2 Å². The molecule has 2 aromatic rings. The second-order valence-electron chi connectivity index (χ2n) is 4.46. The zero-order valence-electron chi connectivity index (χ0n) is 11.7. The van der Waals surface area contributed by atoms with Crippen molar-refractivity contribution >= 4 is 33.1 Å². The number of hydrogen-bond donors (Lipinski definition) is 1. The maximum absolute atomic E-state index is 12.4. The molecule has 0 heterocycles. The highest BCUT2D eigenvalue weighted by atomic mass is 79.9. The average Bonchev–Trinajstić information content (AvgIpc) is 2.47. The minimum atomic E-state index is -4.85. The quantitative estimate of drug-likeness (QED) is 0.752.